The van der Waals surface area contributed by atoms with E-state index in [-0.39, 0.29) is 53.7 Å². The van der Waals surface area contributed by atoms with Crippen molar-refractivity contribution in [2.24, 2.45) is 0 Å². The van der Waals surface area contributed by atoms with E-state index in [1.54, 1.807) is 18.5 Å². The molecule has 14 nitrogen and oxygen atoms in total. The van der Waals surface area contributed by atoms with Gasteiger partial charge in [-0.25, -0.2) is 13.4 Å². The lowest BCUT2D eigenvalue weighted by molar-refractivity contribution is -0.186. The molecular formula is C25H27N9O5S. The number of piperidine rings is 1. The summed E-state index contributed by atoms with van der Waals surface area (Å²) in [5.41, 5.74) is 8.01. The predicted molar refractivity (Wildman–Crippen MR) is 140 cm³/mol. The highest BCUT2D eigenvalue weighted by atomic mass is 32.2. The maximum atomic E-state index is 13.1. The van der Waals surface area contributed by atoms with E-state index < -0.39 is 15.4 Å². The topological polar surface area (TPSA) is 195 Å². The fraction of sp³-hybridized carbons (Fsp3) is 0.440. The number of aromatic nitrogens is 7. The first-order chi connectivity index (χ1) is 19.1. The lowest BCUT2D eigenvalue weighted by atomic mass is 9.87. The van der Waals surface area contributed by atoms with Gasteiger partial charge in [0, 0.05) is 41.6 Å². The van der Waals surface area contributed by atoms with Gasteiger partial charge in [-0.3, -0.25) is 9.78 Å². The SMILES string of the molecule is CS(=O)(=O)c1c([C@H]2C[C@H]3CC[C@@H](C2)N3C(=O)c2nnc[nH]2)nc2c(-c3ccc(C4(O)COC4)nc3)cnn2c1N. The minimum Gasteiger partial charge on any atom is -0.382 e. The largest absolute Gasteiger partial charge is 0.382 e. The summed E-state index contributed by atoms with van der Waals surface area (Å²) < 4.78 is 32.5. The number of aliphatic hydroxyl groups is 1. The molecule has 0 saturated carbocycles. The Morgan fingerprint density at radius 2 is 1.95 bits per heavy atom. The molecule has 40 heavy (non-hydrogen) atoms. The molecule has 15 heteroatoms. The number of hydrogen-bond acceptors (Lipinski definition) is 11. The van der Waals surface area contributed by atoms with Gasteiger partial charge >= 0.3 is 0 Å². The summed E-state index contributed by atoms with van der Waals surface area (Å²) in [5, 5.41) is 22.5. The van der Waals surface area contributed by atoms with Crippen LogP contribution in [0.2, 0.25) is 0 Å². The normalized spacial score (nSPS) is 23.9. The number of sulfone groups is 1. The number of H-pyrrole nitrogens is 1. The Bertz CT molecular complexity index is 1720. The number of nitrogen functional groups attached to an aromatic ring is 1. The molecule has 0 aliphatic carbocycles. The smallest absolute Gasteiger partial charge is 0.292 e. The zero-order valence-electron chi connectivity index (χ0n) is 21.6. The lowest BCUT2D eigenvalue weighted by Crippen LogP contribution is -2.47. The number of nitrogens with two attached hydrogens (primary N) is 1. The number of aromatic amines is 1. The van der Waals surface area contributed by atoms with E-state index >= 15 is 0 Å². The van der Waals surface area contributed by atoms with Crippen LogP contribution in [-0.4, -0.2) is 90.6 Å². The fourth-order valence-corrected chi connectivity index (χ4v) is 7.37. The summed E-state index contributed by atoms with van der Waals surface area (Å²) in [6.45, 7) is 0.382. The second kappa shape index (κ2) is 8.78. The molecule has 7 heterocycles. The maximum absolute atomic E-state index is 13.1. The van der Waals surface area contributed by atoms with Crippen molar-refractivity contribution < 1.29 is 23.1 Å². The highest BCUT2D eigenvalue weighted by Crippen LogP contribution is 2.45. The molecule has 3 fully saturated rings. The van der Waals surface area contributed by atoms with Crippen LogP contribution >= 0.6 is 0 Å². The van der Waals surface area contributed by atoms with Gasteiger partial charge < -0.3 is 25.5 Å². The number of hydrogen-bond donors (Lipinski definition) is 3. The van der Waals surface area contributed by atoms with E-state index in [1.807, 2.05) is 11.0 Å². The van der Waals surface area contributed by atoms with Crippen molar-refractivity contribution in [2.75, 3.05) is 25.2 Å². The van der Waals surface area contributed by atoms with E-state index in [1.165, 1.54) is 10.8 Å². The van der Waals surface area contributed by atoms with Gasteiger partial charge in [-0.1, -0.05) is 6.07 Å². The number of ether oxygens (including phenoxy) is 1. The van der Waals surface area contributed by atoms with Crippen LogP contribution in [0.5, 0.6) is 0 Å². The number of rotatable bonds is 5. The second-order valence-electron chi connectivity index (χ2n) is 10.8. The molecule has 3 aliphatic rings. The van der Waals surface area contributed by atoms with Crippen LogP contribution in [-0.2, 0) is 20.2 Å². The molecule has 7 rings (SSSR count). The van der Waals surface area contributed by atoms with Gasteiger partial charge in [0.25, 0.3) is 5.91 Å². The predicted octanol–water partition coefficient (Wildman–Crippen LogP) is 0.664. The van der Waals surface area contributed by atoms with E-state index in [4.69, 9.17) is 15.5 Å². The molecule has 1 amide bonds. The second-order valence-corrected chi connectivity index (χ2v) is 12.8. The molecule has 3 aliphatic heterocycles. The van der Waals surface area contributed by atoms with E-state index in [0.29, 0.717) is 41.0 Å². The van der Waals surface area contributed by atoms with Crippen LogP contribution in [0.4, 0.5) is 5.82 Å². The average molecular weight is 566 g/mol. The number of carbonyl (C=O) groups excluding carboxylic acids is 1. The number of pyridine rings is 1. The maximum Gasteiger partial charge on any atom is 0.292 e. The minimum absolute atomic E-state index is 0.00762. The summed E-state index contributed by atoms with van der Waals surface area (Å²) in [7, 11) is -3.76. The molecule has 0 spiro atoms. The Morgan fingerprint density at radius 1 is 1.20 bits per heavy atom. The van der Waals surface area contributed by atoms with Crippen molar-refractivity contribution in [1.29, 1.82) is 0 Å². The van der Waals surface area contributed by atoms with Crippen molar-refractivity contribution in [1.82, 2.24) is 39.7 Å². The molecule has 208 valence electrons. The standard InChI is InChI=1S/C25H27N9O5S/c1-40(37,38)20-19(14-6-15-3-4-16(7-14)33(15)24(35)22-28-12-29-32-22)31-23-17(9-30-34(23)21(20)26)13-2-5-18(27-8-13)25(36)10-39-11-25/h2,5,8-9,12,14-16,36H,3-4,6-7,10-11,26H2,1H3,(H,28,29,32)/t14-,15+,16-. The number of nitrogens with one attached hydrogen (secondary N) is 1. The van der Waals surface area contributed by atoms with Crippen LogP contribution < -0.4 is 5.73 Å². The van der Waals surface area contributed by atoms with Gasteiger partial charge in [0.2, 0.25) is 5.82 Å². The zero-order valence-corrected chi connectivity index (χ0v) is 22.4. The number of nitrogens with zero attached hydrogens (tertiary/aromatic N) is 7. The van der Waals surface area contributed by atoms with E-state index in [9.17, 15) is 18.3 Å². The number of amides is 1. The van der Waals surface area contributed by atoms with E-state index in [2.05, 4.69) is 25.3 Å². The Hall–Kier alpha value is -3.95. The monoisotopic (exact) mass is 565 g/mol. The molecular weight excluding hydrogens is 538 g/mol. The molecule has 4 aromatic heterocycles. The van der Waals surface area contributed by atoms with Crippen molar-refractivity contribution in [3.05, 3.63) is 48.1 Å². The summed E-state index contributed by atoms with van der Waals surface area (Å²) in [5.74, 6) is -0.255. The third kappa shape index (κ3) is 3.79. The average Bonchev–Trinajstić information content (AvgIpc) is 3.65. The lowest BCUT2D eigenvalue weighted by Gasteiger charge is -2.38. The number of anilines is 1. The number of carbonyl (C=O) groups is 1. The fourth-order valence-electron chi connectivity index (χ4n) is 6.31. The van der Waals surface area contributed by atoms with Crippen LogP contribution in [0.15, 0.2) is 35.7 Å². The Balaban J connectivity index is 1.28. The van der Waals surface area contributed by atoms with Gasteiger partial charge in [-0.05, 0) is 31.7 Å². The van der Waals surface area contributed by atoms with Crippen molar-refractivity contribution in [3.63, 3.8) is 0 Å². The van der Waals surface area contributed by atoms with Crippen LogP contribution in [0.1, 0.15) is 53.6 Å². The van der Waals surface area contributed by atoms with Crippen molar-refractivity contribution in [2.45, 2.75) is 54.2 Å². The minimum atomic E-state index is -3.76. The van der Waals surface area contributed by atoms with Gasteiger partial charge in [0.1, 0.15) is 17.0 Å². The summed E-state index contributed by atoms with van der Waals surface area (Å²) in [6.07, 6.45) is 8.39. The van der Waals surface area contributed by atoms with Crippen LogP contribution in [0, 0.1) is 0 Å². The zero-order chi connectivity index (χ0) is 27.8. The van der Waals surface area contributed by atoms with Crippen molar-refractivity contribution in [3.8, 4) is 11.1 Å². The highest BCUT2D eigenvalue weighted by Gasteiger charge is 2.46. The number of fused-ring (bicyclic) bond motifs is 3. The van der Waals surface area contributed by atoms with Crippen LogP contribution in [0.3, 0.4) is 0 Å². The Labute approximate surface area is 228 Å². The third-order valence-corrected chi connectivity index (χ3v) is 9.40. The molecule has 3 atom stereocenters. The molecule has 0 radical (unpaired) electrons. The highest BCUT2D eigenvalue weighted by molar-refractivity contribution is 7.91. The first kappa shape index (κ1) is 25.0. The first-order valence-electron chi connectivity index (χ1n) is 13.0. The molecule has 4 aromatic rings. The van der Waals surface area contributed by atoms with Gasteiger partial charge in [-0.15, -0.1) is 10.2 Å². The summed E-state index contributed by atoms with van der Waals surface area (Å²) in [4.78, 5) is 27.0. The molecule has 0 unspecified atom stereocenters. The van der Waals surface area contributed by atoms with Gasteiger partial charge in [-0.2, -0.15) is 9.61 Å². The summed E-state index contributed by atoms with van der Waals surface area (Å²) in [6, 6.07) is 3.37. The Kier molecular flexibility index (Phi) is 5.49. The third-order valence-electron chi connectivity index (χ3n) is 8.24. The first-order valence-corrected chi connectivity index (χ1v) is 14.9. The summed E-state index contributed by atoms with van der Waals surface area (Å²) >= 11 is 0. The molecule has 4 N–H and O–H groups in total. The van der Waals surface area contributed by atoms with E-state index in [0.717, 1.165) is 19.1 Å². The Morgan fingerprint density at radius 3 is 2.52 bits per heavy atom. The van der Waals surface area contributed by atoms with Crippen molar-refractivity contribution >= 4 is 27.2 Å². The quantitative estimate of drug-likeness (QED) is 0.308. The van der Waals surface area contributed by atoms with Gasteiger partial charge in [0.05, 0.1) is 30.8 Å². The molecule has 3 saturated heterocycles. The molecule has 2 bridgehead atoms. The molecule has 0 aromatic carbocycles. The van der Waals surface area contributed by atoms with Crippen LogP contribution in [0.25, 0.3) is 16.8 Å². The van der Waals surface area contributed by atoms with Gasteiger partial charge in [0.15, 0.2) is 21.1 Å².